The van der Waals surface area contributed by atoms with E-state index in [1.807, 2.05) is 13.8 Å². The molecule has 0 bridgehead atoms. The molecule has 0 radical (unpaired) electrons. The molecule has 0 rings (SSSR count). The molecular formula is C21H42N8O5S. The van der Waals surface area contributed by atoms with Gasteiger partial charge in [-0.1, -0.05) is 20.3 Å². The van der Waals surface area contributed by atoms with Crippen LogP contribution in [0.25, 0.3) is 0 Å². The van der Waals surface area contributed by atoms with E-state index in [1.54, 1.807) is 0 Å². The van der Waals surface area contributed by atoms with Crippen LogP contribution in [0.2, 0.25) is 0 Å². The van der Waals surface area contributed by atoms with Gasteiger partial charge in [-0.25, -0.2) is 4.79 Å². The monoisotopic (exact) mass is 518 g/mol. The minimum atomic E-state index is -1.24. The largest absolute Gasteiger partial charge is 0.480 e. The highest BCUT2D eigenvalue weighted by Crippen LogP contribution is 2.08. The van der Waals surface area contributed by atoms with E-state index in [9.17, 15) is 24.3 Å². The Balaban J connectivity index is 5.24. The van der Waals surface area contributed by atoms with Gasteiger partial charge in [-0.2, -0.15) is 12.6 Å². The van der Waals surface area contributed by atoms with Crippen LogP contribution in [0.4, 0.5) is 0 Å². The number of carbonyl (C=O) groups excluding carboxylic acids is 3. The maximum Gasteiger partial charge on any atom is 0.326 e. The van der Waals surface area contributed by atoms with Crippen LogP contribution in [0.5, 0.6) is 0 Å². The lowest BCUT2D eigenvalue weighted by Crippen LogP contribution is -2.58. The molecule has 0 aliphatic carbocycles. The number of nitrogens with zero attached hydrogens (tertiary/aromatic N) is 1. The quantitative estimate of drug-likeness (QED) is 0.0421. The number of nitrogens with two attached hydrogens (primary N) is 4. The van der Waals surface area contributed by atoms with Gasteiger partial charge >= 0.3 is 5.97 Å². The first-order valence-corrected chi connectivity index (χ1v) is 12.4. The summed E-state index contributed by atoms with van der Waals surface area (Å²) in [6.45, 7) is 4.38. The van der Waals surface area contributed by atoms with Crippen molar-refractivity contribution in [3.8, 4) is 0 Å². The van der Waals surface area contributed by atoms with Crippen LogP contribution >= 0.6 is 12.6 Å². The number of hydrogen-bond acceptors (Lipinski definition) is 8. The van der Waals surface area contributed by atoms with Gasteiger partial charge in [0.2, 0.25) is 17.7 Å². The fourth-order valence-electron chi connectivity index (χ4n) is 3.04. The highest BCUT2D eigenvalue weighted by molar-refractivity contribution is 7.80. The molecule has 0 spiro atoms. The molecule has 0 aliphatic heterocycles. The predicted octanol–water partition coefficient (Wildman–Crippen LogP) is -1.99. The van der Waals surface area contributed by atoms with Gasteiger partial charge < -0.3 is 44.0 Å². The molecule has 35 heavy (non-hydrogen) atoms. The maximum atomic E-state index is 12.9. The fourth-order valence-corrected chi connectivity index (χ4v) is 3.30. The maximum absolute atomic E-state index is 12.9. The standard InChI is InChI=1S/C21H42N8O5S/c1-3-12(2)16(23)19(32)27-13(7-4-5-9-22)17(30)29-15(11-35)18(31)28-14(20(33)34)8-6-10-26-21(24)25/h12-16,35H,3-11,22-23H2,1-2H3,(H,27,32)(H,28,31)(H,29,30)(H,33,34)(H4,24,25,26). The Morgan fingerprint density at radius 1 is 0.914 bits per heavy atom. The average molecular weight is 519 g/mol. The van der Waals surface area contributed by atoms with E-state index in [2.05, 4.69) is 33.6 Å². The molecule has 13 nitrogen and oxygen atoms in total. The summed E-state index contributed by atoms with van der Waals surface area (Å²) < 4.78 is 0. The molecule has 0 aromatic heterocycles. The molecule has 14 heteroatoms. The third-order valence-corrected chi connectivity index (χ3v) is 5.88. The van der Waals surface area contributed by atoms with Crippen LogP contribution in [0.1, 0.15) is 52.4 Å². The first-order chi connectivity index (χ1) is 16.5. The van der Waals surface area contributed by atoms with E-state index in [0.29, 0.717) is 38.6 Å². The second-order valence-electron chi connectivity index (χ2n) is 8.35. The summed E-state index contributed by atoms with van der Waals surface area (Å²) in [5, 5.41) is 17.0. The number of rotatable bonds is 18. The number of thiol groups is 1. The third kappa shape index (κ3) is 13.2. The van der Waals surface area contributed by atoms with Gasteiger partial charge in [0.1, 0.15) is 18.1 Å². The number of aliphatic carboxylic acids is 1. The van der Waals surface area contributed by atoms with Crippen LogP contribution in [0, 0.1) is 5.92 Å². The van der Waals surface area contributed by atoms with Crippen LogP contribution in [0.3, 0.4) is 0 Å². The number of guanidine groups is 1. The van der Waals surface area contributed by atoms with Crippen molar-refractivity contribution in [3.05, 3.63) is 0 Å². The van der Waals surface area contributed by atoms with Gasteiger partial charge in [0.25, 0.3) is 0 Å². The Hall–Kier alpha value is -2.58. The Labute approximate surface area is 212 Å². The number of carboxylic acid groups (broad SMARTS) is 1. The summed E-state index contributed by atoms with van der Waals surface area (Å²) in [6.07, 6.45) is 2.60. The van der Waals surface area contributed by atoms with Crippen LogP contribution < -0.4 is 38.9 Å². The van der Waals surface area contributed by atoms with Gasteiger partial charge in [0.05, 0.1) is 6.04 Å². The lowest BCUT2D eigenvalue weighted by molar-refractivity contribution is -0.142. The van der Waals surface area contributed by atoms with Crippen molar-refractivity contribution >= 4 is 42.3 Å². The SMILES string of the molecule is CCC(C)C(N)C(=O)NC(CCCCN)C(=O)NC(CS)C(=O)NC(CCCN=C(N)N)C(=O)O. The average Bonchev–Trinajstić information content (AvgIpc) is 2.81. The first-order valence-electron chi connectivity index (χ1n) is 11.7. The predicted molar refractivity (Wildman–Crippen MR) is 138 cm³/mol. The molecule has 5 atom stereocenters. The van der Waals surface area contributed by atoms with Crippen LogP contribution in [0.15, 0.2) is 4.99 Å². The Bertz CT molecular complexity index is 720. The molecule has 202 valence electrons. The zero-order valence-electron chi connectivity index (χ0n) is 20.5. The second-order valence-corrected chi connectivity index (χ2v) is 8.71. The lowest BCUT2D eigenvalue weighted by Gasteiger charge is -2.25. The van der Waals surface area contributed by atoms with E-state index in [1.165, 1.54) is 0 Å². The summed E-state index contributed by atoms with van der Waals surface area (Å²) >= 11 is 4.12. The van der Waals surface area contributed by atoms with Gasteiger partial charge in [-0.15, -0.1) is 0 Å². The molecular weight excluding hydrogens is 476 g/mol. The van der Waals surface area contributed by atoms with Crippen LogP contribution in [-0.4, -0.2) is 77.8 Å². The topological polar surface area (TPSA) is 241 Å². The molecule has 0 saturated heterocycles. The lowest BCUT2D eigenvalue weighted by atomic mass is 9.98. The molecule has 12 N–H and O–H groups in total. The number of carbonyl (C=O) groups is 4. The number of carboxylic acids is 1. The zero-order chi connectivity index (χ0) is 27.0. The summed E-state index contributed by atoms with van der Waals surface area (Å²) in [5.41, 5.74) is 22.0. The molecule has 0 aliphatic rings. The number of amides is 3. The summed E-state index contributed by atoms with van der Waals surface area (Å²) in [7, 11) is 0. The van der Waals surface area contributed by atoms with Crippen molar-refractivity contribution in [1.82, 2.24) is 16.0 Å². The summed E-state index contributed by atoms with van der Waals surface area (Å²) in [4.78, 5) is 53.5. The molecule has 0 saturated carbocycles. The smallest absolute Gasteiger partial charge is 0.326 e. The van der Waals surface area contributed by atoms with Crippen molar-refractivity contribution in [2.24, 2.45) is 33.8 Å². The summed E-state index contributed by atoms with van der Waals surface area (Å²) in [6, 6.07) is -4.05. The Morgan fingerprint density at radius 3 is 1.97 bits per heavy atom. The molecule has 0 fully saturated rings. The number of nitrogens with one attached hydrogen (secondary N) is 3. The van der Waals surface area contributed by atoms with Gasteiger partial charge in [0.15, 0.2) is 5.96 Å². The van der Waals surface area contributed by atoms with E-state index in [-0.39, 0.29) is 30.6 Å². The van der Waals surface area contributed by atoms with Crippen molar-refractivity contribution in [3.63, 3.8) is 0 Å². The number of hydrogen-bond donors (Lipinski definition) is 9. The summed E-state index contributed by atoms with van der Waals surface area (Å²) in [5.74, 6) is -3.31. The highest BCUT2D eigenvalue weighted by Gasteiger charge is 2.30. The van der Waals surface area contributed by atoms with Crippen molar-refractivity contribution < 1.29 is 24.3 Å². The number of unbranched alkanes of at least 4 members (excludes halogenated alkanes) is 1. The minimum Gasteiger partial charge on any atom is -0.480 e. The van der Waals surface area contributed by atoms with E-state index < -0.39 is 47.9 Å². The Kier molecular flexibility index (Phi) is 16.5. The van der Waals surface area contributed by atoms with Gasteiger partial charge in [-0.3, -0.25) is 19.4 Å². The molecule has 0 heterocycles. The van der Waals surface area contributed by atoms with Crippen molar-refractivity contribution in [2.45, 2.75) is 76.5 Å². The molecule has 0 aromatic rings. The molecule has 5 unspecified atom stereocenters. The van der Waals surface area contributed by atoms with Gasteiger partial charge in [0, 0.05) is 12.3 Å². The Morgan fingerprint density at radius 2 is 1.46 bits per heavy atom. The van der Waals surface area contributed by atoms with E-state index >= 15 is 0 Å². The molecule has 3 amide bonds. The van der Waals surface area contributed by atoms with Gasteiger partial charge in [-0.05, 0) is 44.6 Å². The number of aliphatic imine (C=N–C) groups is 1. The molecule has 0 aromatic carbocycles. The van der Waals surface area contributed by atoms with E-state index in [0.717, 1.165) is 0 Å². The third-order valence-electron chi connectivity index (χ3n) is 5.52. The highest BCUT2D eigenvalue weighted by atomic mass is 32.1. The fraction of sp³-hybridized carbons (Fsp3) is 0.762. The van der Waals surface area contributed by atoms with Crippen molar-refractivity contribution in [2.75, 3.05) is 18.8 Å². The second kappa shape index (κ2) is 17.8. The van der Waals surface area contributed by atoms with E-state index in [4.69, 9.17) is 22.9 Å². The van der Waals surface area contributed by atoms with Crippen LogP contribution in [-0.2, 0) is 19.2 Å². The normalized spacial score (nSPS) is 15.1. The van der Waals surface area contributed by atoms with Crippen molar-refractivity contribution in [1.29, 1.82) is 0 Å². The zero-order valence-corrected chi connectivity index (χ0v) is 21.4. The first kappa shape index (κ1) is 32.4. The minimum absolute atomic E-state index is 0.0797.